The lowest BCUT2D eigenvalue weighted by molar-refractivity contribution is -0.384. The number of nitro benzene ring substituents is 1. The molecule has 2 aromatic carbocycles. The molecule has 7 nitrogen and oxygen atoms in total. The van der Waals surface area contributed by atoms with Crippen LogP contribution in [0.1, 0.15) is 15.2 Å². The fourth-order valence-corrected chi connectivity index (χ4v) is 3.91. The summed E-state index contributed by atoms with van der Waals surface area (Å²) in [5.74, 6) is 0.176. The Morgan fingerprint density at radius 2 is 2.07 bits per heavy atom. The fraction of sp³-hybridized carbons (Fsp3) is 0.0588. The minimum atomic E-state index is -0.594. The highest BCUT2D eigenvalue weighted by molar-refractivity contribution is 7.21. The molecule has 0 spiro atoms. The normalized spacial score (nSPS) is 11.1. The second kappa shape index (κ2) is 7.91. The average molecular weight is 424 g/mol. The number of thiophene rings is 1. The van der Waals surface area contributed by atoms with Crippen molar-refractivity contribution in [3.05, 3.63) is 67.0 Å². The number of rotatable bonds is 5. The van der Waals surface area contributed by atoms with Crippen LogP contribution in [-0.4, -0.2) is 24.2 Å². The Labute approximate surface area is 167 Å². The van der Waals surface area contributed by atoms with Gasteiger partial charge in [0.2, 0.25) is 0 Å². The van der Waals surface area contributed by atoms with Crippen LogP contribution in [0.3, 0.4) is 0 Å². The molecular formula is C17H11Cl2N3O4S. The first-order valence-corrected chi connectivity index (χ1v) is 9.01. The van der Waals surface area contributed by atoms with Gasteiger partial charge in [0, 0.05) is 21.7 Å². The number of halogens is 2. The van der Waals surface area contributed by atoms with Gasteiger partial charge in [0.05, 0.1) is 23.3 Å². The maximum atomic E-state index is 12.3. The third-order valence-corrected chi connectivity index (χ3v) is 5.57. The van der Waals surface area contributed by atoms with Crippen molar-refractivity contribution in [1.82, 2.24) is 5.43 Å². The summed E-state index contributed by atoms with van der Waals surface area (Å²) in [6, 6.07) is 9.52. The van der Waals surface area contributed by atoms with E-state index in [9.17, 15) is 14.9 Å². The maximum absolute atomic E-state index is 12.3. The Hall–Kier alpha value is -2.68. The smallest absolute Gasteiger partial charge is 0.288 e. The molecule has 0 atom stereocenters. The summed E-state index contributed by atoms with van der Waals surface area (Å²) in [5, 5.41) is 15.8. The predicted octanol–water partition coefficient (Wildman–Crippen LogP) is 4.89. The molecule has 0 aliphatic heterocycles. The zero-order chi connectivity index (χ0) is 19.6. The van der Waals surface area contributed by atoms with E-state index in [-0.39, 0.29) is 10.7 Å². The first-order chi connectivity index (χ1) is 12.9. The Balaban J connectivity index is 1.79. The van der Waals surface area contributed by atoms with Gasteiger partial charge in [0.25, 0.3) is 11.6 Å². The highest BCUT2D eigenvalue weighted by Crippen LogP contribution is 2.37. The first-order valence-electron chi connectivity index (χ1n) is 7.44. The van der Waals surface area contributed by atoms with Crippen molar-refractivity contribution in [3.8, 4) is 5.75 Å². The molecule has 0 fully saturated rings. The van der Waals surface area contributed by atoms with Gasteiger partial charge in [-0.05, 0) is 24.3 Å². The van der Waals surface area contributed by atoms with E-state index in [0.717, 1.165) is 10.1 Å². The summed E-state index contributed by atoms with van der Waals surface area (Å²) in [5.41, 5.74) is 2.54. The molecule has 1 amide bonds. The number of hydrazone groups is 1. The maximum Gasteiger partial charge on any atom is 0.288 e. The molecule has 1 heterocycles. The Kier molecular flexibility index (Phi) is 5.59. The zero-order valence-corrected chi connectivity index (χ0v) is 16.1. The van der Waals surface area contributed by atoms with E-state index >= 15 is 0 Å². The number of hydrogen-bond acceptors (Lipinski definition) is 6. The SMILES string of the molecule is COc1ccc2c(Cl)c(C(=O)N/N=C\c3ccc(Cl)c([N+](=O)[O-])c3)sc2c1. The lowest BCUT2D eigenvalue weighted by Crippen LogP contribution is -2.16. The Bertz CT molecular complexity index is 1080. The van der Waals surface area contributed by atoms with Crippen LogP contribution in [-0.2, 0) is 0 Å². The van der Waals surface area contributed by atoms with E-state index < -0.39 is 10.8 Å². The number of carbonyl (C=O) groups excluding carboxylic acids is 1. The Morgan fingerprint density at radius 1 is 1.30 bits per heavy atom. The van der Waals surface area contributed by atoms with Gasteiger partial charge in [-0.2, -0.15) is 5.10 Å². The molecule has 3 rings (SSSR count). The molecule has 0 aliphatic carbocycles. The molecule has 3 aromatic rings. The third-order valence-electron chi connectivity index (χ3n) is 3.59. The minimum absolute atomic E-state index is 0.0219. The summed E-state index contributed by atoms with van der Waals surface area (Å²) in [4.78, 5) is 23.0. The van der Waals surface area contributed by atoms with E-state index in [4.69, 9.17) is 27.9 Å². The van der Waals surface area contributed by atoms with Crippen molar-refractivity contribution >= 4 is 62.4 Å². The van der Waals surface area contributed by atoms with Gasteiger partial charge < -0.3 is 4.74 Å². The number of nitro groups is 1. The van der Waals surface area contributed by atoms with Crippen LogP contribution in [0.25, 0.3) is 10.1 Å². The lowest BCUT2D eigenvalue weighted by atomic mass is 10.2. The van der Waals surface area contributed by atoms with Crippen LogP contribution in [0.4, 0.5) is 5.69 Å². The number of ether oxygens (including phenoxy) is 1. The topological polar surface area (TPSA) is 93.8 Å². The third kappa shape index (κ3) is 4.02. The second-order valence-electron chi connectivity index (χ2n) is 5.27. The highest BCUT2D eigenvalue weighted by atomic mass is 35.5. The van der Waals surface area contributed by atoms with Gasteiger partial charge in [-0.1, -0.05) is 29.3 Å². The zero-order valence-electron chi connectivity index (χ0n) is 13.7. The second-order valence-corrected chi connectivity index (χ2v) is 7.11. The molecule has 0 aliphatic rings. The van der Waals surface area contributed by atoms with E-state index in [1.54, 1.807) is 31.4 Å². The molecule has 27 heavy (non-hydrogen) atoms. The molecule has 1 N–H and O–H groups in total. The summed E-state index contributed by atoms with van der Waals surface area (Å²) in [6.07, 6.45) is 1.28. The van der Waals surface area contributed by atoms with Crippen molar-refractivity contribution in [3.63, 3.8) is 0 Å². The van der Waals surface area contributed by atoms with Crippen LogP contribution in [0.2, 0.25) is 10.0 Å². The molecule has 0 radical (unpaired) electrons. The molecule has 0 unspecified atom stereocenters. The number of methoxy groups -OCH3 is 1. The predicted molar refractivity (Wildman–Crippen MR) is 107 cm³/mol. The summed E-state index contributed by atoms with van der Waals surface area (Å²) in [6.45, 7) is 0. The monoisotopic (exact) mass is 423 g/mol. The van der Waals surface area contributed by atoms with Crippen molar-refractivity contribution in [2.45, 2.75) is 0 Å². The molecule has 0 saturated carbocycles. The Morgan fingerprint density at radius 3 is 2.78 bits per heavy atom. The average Bonchev–Trinajstić information content (AvgIpc) is 2.98. The molecular weight excluding hydrogens is 413 g/mol. The number of benzene rings is 2. The minimum Gasteiger partial charge on any atom is -0.497 e. The van der Waals surface area contributed by atoms with Crippen LogP contribution in [0.5, 0.6) is 5.75 Å². The summed E-state index contributed by atoms with van der Waals surface area (Å²) in [7, 11) is 1.56. The highest BCUT2D eigenvalue weighted by Gasteiger charge is 2.17. The van der Waals surface area contributed by atoms with Gasteiger partial charge in [0.15, 0.2) is 0 Å². The van der Waals surface area contributed by atoms with E-state index in [1.807, 2.05) is 0 Å². The van der Waals surface area contributed by atoms with E-state index in [2.05, 4.69) is 10.5 Å². The molecule has 138 valence electrons. The summed E-state index contributed by atoms with van der Waals surface area (Å²) < 4.78 is 5.97. The van der Waals surface area contributed by atoms with E-state index in [1.165, 1.54) is 29.7 Å². The van der Waals surface area contributed by atoms with Crippen molar-refractivity contribution in [2.24, 2.45) is 5.10 Å². The standard InChI is InChI=1S/C17H11Cl2N3O4S/c1-26-10-3-4-11-14(7-10)27-16(15(11)19)17(23)21-20-8-9-2-5-12(18)13(6-9)22(24)25/h2-8H,1H3,(H,21,23)/b20-8-. The summed E-state index contributed by atoms with van der Waals surface area (Å²) >= 11 is 13.3. The van der Waals surface area contributed by atoms with Crippen LogP contribution in [0.15, 0.2) is 41.5 Å². The number of nitrogens with one attached hydrogen (secondary N) is 1. The number of amides is 1. The number of hydrogen-bond donors (Lipinski definition) is 1. The molecule has 1 aromatic heterocycles. The van der Waals surface area contributed by atoms with Crippen LogP contribution < -0.4 is 10.2 Å². The van der Waals surface area contributed by atoms with Gasteiger partial charge in [-0.15, -0.1) is 11.3 Å². The van der Waals surface area contributed by atoms with Crippen molar-refractivity contribution < 1.29 is 14.5 Å². The van der Waals surface area contributed by atoms with Crippen molar-refractivity contribution in [2.75, 3.05) is 7.11 Å². The van der Waals surface area contributed by atoms with Crippen LogP contribution in [0, 0.1) is 10.1 Å². The number of fused-ring (bicyclic) bond motifs is 1. The number of carbonyl (C=O) groups is 1. The quantitative estimate of drug-likeness (QED) is 0.359. The largest absolute Gasteiger partial charge is 0.497 e. The van der Waals surface area contributed by atoms with Crippen LogP contribution >= 0.6 is 34.5 Å². The van der Waals surface area contributed by atoms with Gasteiger partial charge >= 0.3 is 0 Å². The first kappa shape index (κ1) is 19.1. The van der Waals surface area contributed by atoms with Gasteiger partial charge in [-0.25, -0.2) is 5.43 Å². The van der Waals surface area contributed by atoms with E-state index in [0.29, 0.717) is 21.2 Å². The molecule has 0 saturated heterocycles. The number of nitrogens with zero attached hydrogens (tertiary/aromatic N) is 2. The van der Waals surface area contributed by atoms with Gasteiger partial charge in [0.1, 0.15) is 15.6 Å². The fourth-order valence-electron chi connectivity index (χ4n) is 2.28. The molecule has 10 heteroatoms. The lowest BCUT2D eigenvalue weighted by Gasteiger charge is -1.99. The molecule has 0 bridgehead atoms. The van der Waals surface area contributed by atoms with Gasteiger partial charge in [-0.3, -0.25) is 14.9 Å². The van der Waals surface area contributed by atoms with Crippen molar-refractivity contribution in [1.29, 1.82) is 0 Å².